The van der Waals surface area contributed by atoms with E-state index in [2.05, 4.69) is 10.1 Å². The predicted molar refractivity (Wildman–Crippen MR) is 44.1 cm³/mol. The lowest BCUT2D eigenvalue weighted by Gasteiger charge is -1.93. The highest BCUT2D eigenvalue weighted by Crippen LogP contribution is 2.22. The maximum Gasteiger partial charge on any atom is 0.231 e. The van der Waals surface area contributed by atoms with Gasteiger partial charge in [-0.25, -0.2) is 0 Å². The molecule has 0 bridgehead atoms. The topological polar surface area (TPSA) is 64.9 Å². The number of hydrogen-bond acceptors (Lipinski definition) is 4. The van der Waals surface area contributed by atoms with E-state index in [-0.39, 0.29) is 0 Å². The maximum atomic E-state index is 5.50. The SMILES string of the molecule is Nc1oncc1-c1ccccn1. The molecule has 4 heteroatoms. The molecule has 12 heavy (non-hydrogen) atoms. The van der Waals surface area contributed by atoms with Crippen LogP contribution in [-0.4, -0.2) is 10.1 Å². The normalized spacial score (nSPS) is 10.0. The summed E-state index contributed by atoms with van der Waals surface area (Å²) in [7, 11) is 0. The molecule has 0 saturated carbocycles. The van der Waals surface area contributed by atoms with Crippen molar-refractivity contribution in [1.29, 1.82) is 0 Å². The van der Waals surface area contributed by atoms with Gasteiger partial charge < -0.3 is 10.3 Å². The summed E-state index contributed by atoms with van der Waals surface area (Å²) in [5.41, 5.74) is 7.01. The Morgan fingerprint density at radius 2 is 2.25 bits per heavy atom. The van der Waals surface area contributed by atoms with E-state index >= 15 is 0 Å². The molecule has 0 saturated heterocycles. The molecule has 2 aromatic rings. The van der Waals surface area contributed by atoms with Crippen LogP contribution in [0, 0.1) is 0 Å². The summed E-state index contributed by atoms with van der Waals surface area (Å²) in [5, 5.41) is 3.56. The Morgan fingerprint density at radius 3 is 2.83 bits per heavy atom. The third kappa shape index (κ3) is 1.03. The lowest BCUT2D eigenvalue weighted by Crippen LogP contribution is -1.86. The molecule has 4 nitrogen and oxygen atoms in total. The summed E-state index contributed by atoms with van der Waals surface area (Å²) in [6, 6.07) is 5.57. The zero-order valence-electron chi connectivity index (χ0n) is 6.27. The molecule has 2 aromatic heterocycles. The minimum atomic E-state index is 0.300. The summed E-state index contributed by atoms with van der Waals surface area (Å²) in [5.74, 6) is 0.300. The summed E-state index contributed by atoms with van der Waals surface area (Å²) in [6.45, 7) is 0. The molecule has 0 atom stereocenters. The van der Waals surface area contributed by atoms with Gasteiger partial charge in [0.15, 0.2) is 0 Å². The van der Waals surface area contributed by atoms with Crippen molar-refractivity contribution in [2.75, 3.05) is 5.73 Å². The Morgan fingerprint density at radius 1 is 1.33 bits per heavy atom. The smallest absolute Gasteiger partial charge is 0.231 e. The van der Waals surface area contributed by atoms with Crippen LogP contribution in [0.4, 0.5) is 5.88 Å². The molecule has 0 unspecified atom stereocenters. The van der Waals surface area contributed by atoms with Gasteiger partial charge in [-0.1, -0.05) is 11.2 Å². The highest BCUT2D eigenvalue weighted by molar-refractivity contribution is 5.68. The van der Waals surface area contributed by atoms with Crippen molar-refractivity contribution in [1.82, 2.24) is 10.1 Å². The van der Waals surface area contributed by atoms with Gasteiger partial charge in [0.05, 0.1) is 17.5 Å². The van der Waals surface area contributed by atoms with E-state index in [0.29, 0.717) is 5.88 Å². The second-order valence-electron chi connectivity index (χ2n) is 2.32. The fourth-order valence-electron chi connectivity index (χ4n) is 0.963. The fraction of sp³-hybridized carbons (Fsp3) is 0. The molecule has 2 rings (SSSR count). The molecule has 2 N–H and O–H groups in total. The molecule has 60 valence electrons. The van der Waals surface area contributed by atoms with Crippen LogP contribution in [0.25, 0.3) is 11.3 Å². The van der Waals surface area contributed by atoms with E-state index in [9.17, 15) is 0 Å². The van der Waals surface area contributed by atoms with E-state index in [0.717, 1.165) is 11.3 Å². The fourth-order valence-corrected chi connectivity index (χ4v) is 0.963. The molecule has 0 fully saturated rings. The van der Waals surface area contributed by atoms with Crippen LogP contribution in [-0.2, 0) is 0 Å². The second kappa shape index (κ2) is 2.65. The van der Waals surface area contributed by atoms with Crippen molar-refractivity contribution in [3.05, 3.63) is 30.6 Å². The number of rotatable bonds is 1. The summed E-state index contributed by atoms with van der Waals surface area (Å²) >= 11 is 0. The van der Waals surface area contributed by atoms with Crippen LogP contribution in [0.5, 0.6) is 0 Å². The standard InChI is InChI=1S/C8H7N3O/c9-8-6(5-11-12-8)7-3-1-2-4-10-7/h1-5H,9H2. The highest BCUT2D eigenvalue weighted by atomic mass is 16.5. The Labute approximate surface area is 69.0 Å². The minimum Gasteiger partial charge on any atom is -0.367 e. The van der Waals surface area contributed by atoms with Gasteiger partial charge in [0.1, 0.15) is 0 Å². The number of pyridine rings is 1. The zero-order valence-corrected chi connectivity index (χ0v) is 6.27. The molecule has 0 radical (unpaired) electrons. The van der Waals surface area contributed by atoms with Gasteiger partial charge in [-0.2, -0.15) is 0 Å². The summed E-state index contributed by atoms with van der Waals surface area (Å²) in [6.07, 6.45) is 3.25. The molecule has 0 amide bonds. The van der Waals surface area contributed by atoms with Crippen molar-refractivity contribution in [3.8, 4) is 11.3 Å². The first-order valence-electron chi connectivity index (χ1n) is 3.49. The first kappa shape index (κ1) is 6.84. The van der Waals surface area contributed by atoms with E-state index in [1.165, 1.54) is 0 Å². The minimum absolute atomic E-state index is 0.300. The Bertz CT molecular complexity index is 369. The van der Waals surface area contributed by atoms with E-state index in [4.69, 9.17) is 10.3 Å². The Hall–Kier alpha value is -1.84. The maximum absolute atomic E-state index is 5.50. The first-order valence-corrected chi connectivity index (χ1v) is 3.49. The van der Waals surface area contributed by atoms with Gasteiger partial charge in [-0.3, -0.25) is 4.98 Å². The van der Waals surface area contributed by atoms with E-state index < -0.39 is 0 Å². The Balaban J connectivity index is 2.51. The monoisotopic (exact) mass is 161 g/mol. The number of hydrogen-bond donors (Lipinski definition) is 1. The average Bonchev–Trinajstić information content (AvgIpc) is 2.53. The van der Waals surface area contributed by atoms with Crippen molar-refractivity contribution >= 4 is 5.88 Å². The molecule has 2 heterocycles. The largest absolute Gasteiger partial charge is 0.367 e. The lowest BCUT2D eigenvalue weighted by atomic mass is 10.2. The summed E-state index contributed by atoms with van der Waals surface area (Å²) < 4.78 is 4.71. The van der Waals surface area contributed by atoms with Gasteiger partial charge >= 0.3 is 0 Å². The first-order chi connectivity index (χ1) is 5.88. The van der Waals surface area contributed by atoms with Gasteiger partial charge in [-0.05, 0) is 12.1 Å². The molecule has 0 aliphatic carbocycles. The quantitative estimate of drug-likeness (QED) is 0.685. The summed E-state index contributed by atoms with van der Waals surface area (Å²) in [4.78, 5) is 4.10. The lowest BCUT2D eigenvalue weighted by molar-refractivity contribution is 0.436. The third-order valence-electron chi connectivity index (χ3n) is 1.54. The predicted octanol–water partition coefficient (Wildman–Crippen LogP) is 1.32. The zero-order chi connectivity index (χ0) is 8.39. The van der Waals surface area contributed by atoms with Crippen molar-refractivity contribution in [3.63, 3.8) is 0 Å². The van der Waals surface area contributed by atoms with Crippen molar-refractivity contribution < 1.29 is 4.52 Å². The molecule has 0 aliphatic heterocycles. The van der Waals surface area contributed by atoms with Crippen LogP contribution in [0.3, 0.4) is 0 Å². The number of anilines is 1. The molecule has 0 aliphatic rings. The van der Waals surface area contributed by atoms with E-state index in [1.807, 2.05) is 18.2 Å². The molecule has 0 aromatic carbocycles. The second-order valence-corrected chi connectivity index (χ2v) is 2.32. The van der Waals surface area contributed by atoms with Crippen LogP contribution < -0.4 is 5.73 Å². The van der Waals surface area contributed by atoms with Crippen molar-refractivity contribution in [2.24, 2.45) is 0 Å². The number of nitrogens with two attached hydrogens (primary N) is 1. The third-order valence-corrected chi connectivity index (χ3v) is 1.54. The molecular formula is C8H7N3O. The number of nitrogens with zero attached hydrogens (tertiary/aromatic N) is 2. The highest BCUT2D eigenvalue weighted by Gasteiger charge is 2.06. The van der Waals surface area contributed by atoms with Crippen LogP contribution >= 0.6 is 0 Å². The van der Waals surface area contributed by atoms with Gasteiger partial charge in [0, 0.05) is 6.20 Å². The van der Waals surface area contributed by atoms with Crippen LogP contribution in [0.2, 0.25) is 0 Å². The van der Waals surface area contributed by atoms with Crippen LogP contribution in [0.15, 0.2) is 35.1 Å². The number of nitrogen functional groups attached to an aromatic ring is 1. The van der Waals surface area contributed by atoms with Gasteiger partial charge in [0.2, 0.25) is 5.88 Å². The van der Waals surface area contributed by atoms with Gasteiger partial charge in [-0.15, -0.1) is 0 Å². The number of aromatic nitrogens is 2. The molecule has 0 spiro atoms. The van der Waals surface area contributed by atoms with Crippen molar-refractivity contribution in [2.45, 2.75) is 0 Å². The van der Waals surface area contributed by atoms with E-state index in [1.54, 1.807) is 12.4 Å². The Kier molecular flexibility index (Phi) is 1.51. The van der Waals surface area contributed by atoms with Gasteiger partial charge in [0.25, 0.3) is 0 Å². The average molecular weight is 161 g/mol. The van der Waals surface area contributed by atoms with Crippen LogP contribution in [0.1, 0.15) is 0 Å². The molecular weight excluding hydrogens is 154 g/mol.